The lowest BCUT2D eigenvalue weighted by atomic mass is 9.66. The van der Waals surface area contributed by atoms with Gasteiger partial charge in [0, 0.05) is 85.9 Å². The van der Waals surface area contributed by atoms with Gasteiger partial charge in [-0.3, -0.25) is 33.3 Å². The van der Waals surface area contributed by atoms with E-state index in [-0.39, 0.29) is 113 Å². The molecule has 3 aromatic heterocycles. The standard InChI is InChI=1S/C62H78Cl2N10O11S/c1-40-49-38-66-60(68-57(49)73(46-12-7-8-13-46)58(80)55(40)41(2)75)67-51-19-18-47(37-65-51)69-22-24-70(25-23-69)52(76)20-30-84-32-33-85-31-21-53(77)71-26-28-72(29-27-71)86(82,83)39-50(61(3,4)5)74-56(42-14-16-44(63)17-15-42)48(43-10-9-11-45(64)34-43)35-62(6,59(74)81)36-54(78)79/h9-11,14-19,34,37-38,46,48,50,56H,7-8,12-13,20-33,35-36,39H2,1-6H3,(H,78,79)(H,65,66,67,68)/t48-,50?,56-,62-/m1/s1. The Balaban J connectivity index is 0.699. The highest BCUT2D eigenvalue weighted by Crippen LogP contribution is 2.53. The molecule has 3 aliphatic heterocycles. The predicted octanol–water partition coefficient (Wildman–Crippen LogP) is 8.45. The fourth-order valence-electron chi connectivity index (χ4n) is 12.7. The lowest BCUT2D eigenvalue weighted by molar-refractivity contribution is -0.162. The number of anilines is 3. The summed E-state index contributed by atoms with van der Waals surface area (Å²) in [5.41, 5.74) is 1.17. The number of pyridine rings is 2. The highest BCUT2D eigenvalue weighted by Gasteiger charge is 2.55. The van der Waals surface area contributed by atoms with Crippen LogP contribution in [0.3, 0.4) is 0 Å². The van der Waals surface area contributed by atoms with Crippen molar-refractivity contribution in [2.24, 2.45) is 10.8 Å². The van der Waals surface area contributed by atoms with E-state index in [4.69, 9.17) is 37.7 Å². The molecular formula is C62H78Cl2N10O11S. The summed E-state index contributed by atoms with van der Waals surface area (Å²) in [5, 5.41) is 14.9. The Labute approximate surface area is 512 Å². The Kier molecular flexibility index (Phi) is 20.2. The maximum atomic E-state index is 15.1. The highest BCUT2D eigenvalue weighted by molar-refractivity contribution is 7.89. The minimum Gasteiger partial charge on any atom is -0.481 e. The van der Waals surface area contributed by atoms with Crippen LogP contribution in [0.5, 0.6) is 0 Å². The Hall–Kier alpha value is -6.56. The number of aryl methyl sites for hydroxylation is 1. The summed E-state index contributed by atoms with van der Waals surface area (Å²) < 4.78 is 43.7. The van der Waals surface area contributed by atoms with E-state index in [1.807, 2.05) is 68.1 Å². The molecule has 1 aliphatic carbocycles. The molecule has 5 aromatic rings. The smallest absolute Gasteiger partial charge is 0.304 e. The number of fused-ring (bicyclic) bond motifs is 1. The number of carbonyl (C=O) groups excluding carboxylic acids is 4. The first-order chi connectivity index (χ1) is 40.9. The fourth-order valence-corrected chi connectivity index (χ4v) is 15.0. The van der Waals surface area contributed by atoms with Gasteiger partial charge >= 0.3 is 5.97 Å². The molecule has 1 unspecified atom stereocenters. The molecule has 0 bridgehead atoms. The van der Waals surface area contributed by atoms with Gasteiger partial charge in [0.1, 0.15) is 11.5 Å². The minimum atomic E-state index is -4.07. The van der Waals surface area contributed by atoms with E-state index < -0.39 is 62.9 Å². The summed E-state index contributed by atoms with van der Waals surface area (Å²) in [7, 11) is -4.07. The van der Waals surface area contributed by atoms with Crippen LogP contribution in [-0.2, 0) is 38.7 Å². The van der Waals surface area contributed by atoms with Crippen molar-refractivity contribution in [3.05, 3.63) is 116 Å². The molecule has 9 rings (SSSR count). The normalized spacial score (nSPS) is 20.4. The highest BCUT2D eigenvalue weighted by atomic mass is 35.5. The Morgan fingerprint density at radius 1 is 0.802 bits per heavy atom. The van der Waals surface area contributed by atoms with Crippen LogP contribution in [0.25, 0.3) is 11.0 Å². The van der Waals surface area contributed by atoms with E-state index in [9.17, 15) is 37.5 Å². The SMILES string of the molecule is CC(=O)c1c(C)c2cnc(Nc3ccc(N4CCN(C(=O)CCOCCOCCC(=O)N5CCN(S(=O)(=O)CC(N6C(=O)[C@@](C)(CC(=O)O)C[C@H](c7cccc(Cl)c7)[C@H]6c6ccc(Cl)cc6)C(C)(C)C)CC5)CC4)cn3)nc2n(C2CCCC2)c1=O. The Morgan fingerprint density at radius 2 is 1.43 bits per heavy atom. The zero-order chi connectivity index (χ0) is 61.7. The summed E-state index contributed by atoms with van der Waals surface area (Å²) in [5.74, 6) is -2.14. The average molecular weight is 1240 g/mol. The summed E-state index contributed by atoms with van der Waals surface area (Å²) in [6.07, 6.45) is 7.14. The number of hydrogen-bond donors (Lipinski definition) is 2. The van der Waals surface area contributed by atoms with Crippen LogP contribution >= 0.6 is 23.2 Å². The minimum absolute atomic E-state index is 0.0132. The zero-order valence-corrected chi connectivity index (χ0v) is 52.1. The summed E-state index contributed by atoms with van der Waals surface area (Å²) >= 11 is 12.9. The molecule has 6 heterocycles. The first-order valence-electron chi connectivity index (χ1n) is 29.6. The first kappa shape index (κ1) is 63.9. The molecule has 3 saturated heterocycles. The average Bonchev–Trinajstić information content (AvgIpc) is 1.04. The number of likely N-dealkylation sites (tertiary alicyclic amines) is 1. The number of amides is 3. The van der Waals surface area contributed by atoms with E-state index in [0.29, 0.717) is 58.6 Å². The number of piperidine rings is 1. The molecule has 21 nitrogen and oxygen atoms in total. The number of aromatic nitrogens is 4. The zero-order valence-electron chi connectivity index (χ0n) is 49.8. The van der Waals surface area contributed by atoms with Gasteiger partial charge in [0.05, 0.1) is 86.4 Å². The lowest BCUT2D eigenvalue weighted by Crippen LogP contribution is -2.61. The van der Waals surface area contributed by atoms with Crippen molar-refractivity contribution in [1.29, 1.82) is 0 Å². The molecule has 86 heavy (non-hydrogen) atoms. The number of benzene rings is 2. The van der Waals surface area contributed by atoms with Gasteiger partial charge in [-0.2, -0.15) is 9.29 Å². The van der Waals surface area contributed by atoms with Crippen molar-refractivity contribution in [3.63, 3.8) is 0 Å². The van der Waals surface area contributed by atoms with Gasteiger partial charge in [0.25, 0.3) is 5.56 Å². The number of nitrogens with one attached hydrogen (secondary N) is 1. The third kappa shape index (κ3) is 14.7. The van der Waals surface area contributed by atoms with Crippen molar-refractivity contribution >= 4 is 91.2 Å². The topological polar surface area (TPSA) is 247 Å². The Bertz CT molecular complexity index is 3470. The number of aliphatic carboxylic acids is 1. The first-order valence-corrected chi connectivity index (χ1v) is 31.9. The fraction of sp³-hybridized carbons (Fsp3) is 0.532. The van der Waals surface area contributed by atoms with Gasteiger partial charge < -0.3 is 39.5 Å². The van der Waals surface area contributed by atoms with Crippen LogP contribution in [0.1, 0.15) is 131 Å². The number of carboxylic acids is 1. The number of hydrogen-bond acceptors (Lipinski definition) is 15. The molecule has 24 heteroatoms. The van der Waals surface area contributed by atoms with E-state index in [0.717, 1.165) is 42.5 Å². The number of ketones is 1. The van der Waals surface area contributed by atoms with Crippen molar-refractivity contribution in [3.8, 4) is 0 Å². The van der Waals surface area contributed by atoms with Gasteiger partial charge in [-0.15, -0.1) is 0 Å². The molecule has 4 atom stereocenters. The molecule has 0 spiro atoms. The maximum Gasteiger partial charge on any atom is 0.304 e. The number of piperazine rings is 2. The van der Waals surface area contributed by atoms with Gasteiger partial charge in [-0.1, -0.05) is 88.0 Å². The van der Waals surface area contributed by atoms with E-state index >= 15 is 4.79 Å². The number of Topliss-reactive ketones (excluding diaryl/α,β-unsaturated/α-hetero) is 1. The number of sulfonamides is 1. The van der Waals surface area contributed by atoms with Crippen LogP contribution < -0.4 is 15.8 Å². The van der Waals surface area contributed by atoms with Crippen molar-refractivity contribution in [2.45, 2.75) is 117 Å². The number of carboxylic acid groups (broad SMARTS) is 1. The quantitative estimate of drug-likeness (QED) is 0.0487. The number of halogens is 2. The van der Waals surface area contributed by atoms with Crippen molar-refractivity contribution in [1.82, 2.24) is 38.5 Å². The number of rotatable bonds is 22. The third-order valence-corrected chi connectivity index (χ3v) is 19.7. The molecule has 1 saturated carbocycles. The number of nitrogens with zero attached hydrogens (tertiary/aromatic N) is 9. The maximum absolute atomic E-state index is 15.1. The van der Waals surface area contributed by atoms with Gasteiger partial charge in [-0.05, 0) is 91.6 Å². The molecule has 462 valence electrons. The van der Waals surface area contributed by atoms with Crippen LogP contribution in [0, 0.1) is 17.8 Å². The molecule has 2 N–H and O–H groups in total. The third-order valence-electron chi connectivity index (χ3n) is 17.3. The van der Waals surface area contributed by atoms with Crippen molar-refractivity contribution in [2.75, 3.05) is 94.8 Å². The molecular weight excluding hydrogens is 1160 g/mol. The van der Waals surface area contributed by atoms with E-state index in [1.54, 1.807) is 58.8 Å². The Morgan fingerprint density at radius 3 is 2.00 bits per heavy atom. The second-order valence-electron chi connectivity index (χ2n) is 24.4. The largest absolute Gasteiger partial charge is 0.481 e. The monoisotopic (exact) mass is 1240 g/mol. The molecule has 0 radical (unpaired) electrons. The summed E-state index contributed by atoms with van der Waals surface area (Å²) in [4.78, 5) is 101. The van der Waals surface area contributed by atoms with Gasteiger partial charge in [-0.25, -0.2) is 18.4 Å². The van der Waals surface area contributed by atoms with Crippen LogP contribution in [-0.4, -0.2) is 172 Å². The van der Waals surface area contributed by atoms with Crippen molar-refractivity contribution < 1.29 is 47.0 Å². The number of ether oxygens (including phenoxy) is 2. The molecule has 2 aromatic carbocycles. The van der Waals surface area contributed by atoms with E-state index in [1.165, 1.54) is 11.2 Å². The summed E-state index contributed by atoms with van der Waals surface area (Å²) in [6, 6.07) is 16.5. The summed E-state index contributed by atoms with van der Waals surface area (Å²) in [6.45, 7) is 14.0. The molecule has 4 fully saturated rings. The van der Waals surface area contributed by atoms with Gasteiger partial charge in [0.15, 0.2) is 5.78 Å². The second kappa shape index (κ2) is 27.2. The predicted molar refractivity (Wildman–Crippen MR) is 329 cm³/mol. The van der Waals surface area contributed by atoms with Crippen LogP contribution in [0.4, 0.5) is 17.5 Å². The number of carbonyl (C=O) groups is 5. The van der Waals surface area contributed by atoms with Gasteiger partial charge in [0.2, 0.25) is 33.7 Å². The van der Waals surface area contributed by atoms with Crippen LogP contribution in [0.2, 0.25) is 10.0 Å². The van der Waals surface area contributed by atoms with E-state index in [2.05, 4.69) is 20.2 Å². The molecule has 3 amide bonds. The van der Waals surface area contributed by atoms with Crippen LogP contribution in [0.15, 0.2) is 77.9 Å². The second-order valence-corrected chi connectivity index (χ2v) is 27.3. The lowest BCUT2D eigenvalue weighted by Gasteiger charge is -2.54. The molecule has 4 aliphatic rings.